The van der Waals surface area contributed by atoms with Gasteiger partial charge < -0.3 is 9.67 Å². The fourth-order valence-electron chi connectivity index (χ4n) is 2.14. The van der Waals surface area contributed by atoms with Crippen LogP contribution in [0.3, 0.4) is 0 Å². The first-order valence-corrected chi connectivity index (χ1v) is 7.56. The first-order valence-electron chi connectivity index (χ1n) is 6.57. The first kappa shape index (κ1) is 14.4. The van der Waals surface area contributed by atoms with Crippen molar-refractivity contribution < 1.29 is 9.90 Å². The lowest BCUT2D eigenvalue weighted by atomic mass is 10.3. The average molecular weight is 283 g/mol. The highest BCUT2D eigenvalue weighted by atomic mass is 32.2. The number of hydrogen-bond donors (Lipinski definition) is 1. The maximum Gasteiger partial charge on any atom is 0.313 e. The lowest BCUT2D eigenvalue weighted by molar-refractivity contribution is -0.133. The van der Waals surface area contributed by atoms with E-state index in [0.29, 0.717) is 6.04 Å². The molecule has 1 aromatic rings. The largest absolute Gasteiger partial charge is 0.481 e. The Balaban J connectivity index is 2.01. The standard InChI is InChI=1S/C13H21N3O2S/c1-9-6-14-13(19-8-12(17)18)16(9)7-10(2)15(3)11-4-5-11/h6,10-11H,4-5,7-8H2,1-3H3,(H,17,18). The number of likely N-dealkylation sites (N-methyl/N-ethyl adjacent to an activating group) is 1. The van der Waals surface area contributed by atoms with Crippen molar-refractivity contribution in [2.45, 2.75) is 50.5 Å². The van der Waals surface area contributed by atoms with Gasteiger partial charge in [0.15, 0.2) is 5.16 Å². The molecule has 5 nitrogen and oxygen atoms in total. The molecular weight excluding hydrogens is 262 g/mol. The van der Waals surface area contributed by atoms with E-state index < -0.39 is 5.97 Å². The zero-order valence-corrected chi connectivity index (χ0v) is 12.5. The Labute approximate surface area is 118 Å². The molecule has 0 aromatic carbocycles. The van der Waals surface area contributed by atoms with Gasteiger partial charge in [-0.1, -0.05) is 11.8 Å². The molecule has 0 bridgehead atoms. The maximum atomic E-state index is 10.7. The van der Waals surface area contributed by atoms with E-state index >= 15 is 0 Å². The molecule has 0 aliphatic heterocycles. The minimum Gasteiger partial charge on any atom is -0.481 e. The van der Waals surface area contributed by atoms with E-state index in [2.05, 4.69) is 28.4 Å². The number of thioether (sulfide) groups is 1. The Morgan fingerprint density at radius 1 is 1.68 bits per heavy atom. The molecule has 19 heavy (non-hydrogen) atoms. The Hall–Kier alpha value is -1.01. The third-order valence-corrected chi connectivity index (χ3v) is 4.58. The molecule has 0 saturated heterocycles. The highest BCUT2D eigenvalue weighted by Gasteiger charge is 2.29. The van der Waals surface area contributed by atoms with E-state index in [4.69, 9.17) is 5.11 Å². The molecule has 0 amide bonds. The van der Waals surface area contributed by atoms with Gasteiger partial charge in [0.25, 0.3) is 0 Å². The van der Waals surface area contributed by atoms with Gasteiger partial charge >= 0.3 is 5.97 Å². The van der Waals surface area contributed by atoms with Crippen LogP contribution in [0.2, 0.25) is 0 Å². The van der Waals surface area contributed by atoms with Crippen molar-refractivity contribution in [3.05, 3.63) is 11.9 Å². The summed E-state index contributed by atoms with van der Waals surface area (Å²) in [5.74, 6) is -0.746. The summed E-state index contributed by atoms with van der Waals surface area (Å²) in [7, 11) is 2.17. The van der Waals surface area contributed by atoms with Crippen LogP contribution in [-0.2, 0) is 11.3 Å². The second kappa shape index (κ2) is 5.96. The van der Waals surface area contributed by atoms with Gasteiger partial charge in [-0.3, -0.25) is 9.69 Å². The molecule has 1 aromatic heterocycles. The van der Waals surface area contributed by atoms with Crippen LogP contribution in [0.5, 0.6) is 0 Å². The lowest BCUT2D eigenvalue weighted by Gasteiger charge is -2.25. The predicted molar refractivity (Wildman–Crippen MR) is 75.6 cm³/mol. The SMILES string of the molecule is Cc1cnc(SCC(=O)O)n1CC(C)N(C)C1CC1. The number of carboxylic acids is 1. The van der Waals surface area contributed by atoms with Crippen molar-refractivity contribution in [1.82, 2.24) is 14.5 Å². The molecule has 1 N–H and O–H groups in total. The molecular formula is C13H21N3O2S. The highest BCUT2D eigenvalue weighted by Crippen LogP contribution is 2.28. The van der Waals surface area contributed by atoms with Gasteiger partial charge in [-0.2, -0.15) is 0 Å². The average Bonchev–Trinajstić information content (AvgIpc) is 3.14. The van der Waals surface area contributed by atoms with Crippen molar-refractivity contribution in [1.29, 1.82) is 0 Å². The van der Waals surface area contributed by atoms with Crippen molar-refractivity contribution in [3.8, 4) is 0 Å². The molecule has 1 atom stereocenters. The van der Waals surface area contributed by atoms with Gasteiger partial charge in [-0.05, 0) is 33.7 Å². The molecule has 2 rings (SSSR count). The van der Waals surface area contributed by atoms with Crippen LogP contribution in [0.1, 0.15) is 25.5 Å². The Kier molecular flexibility index (Phi) is 4.52. The highest BCUT2D eigenvalue weighted by molar-refractivity contribution is 7.99. The number of aryl methyl sites for hydroxylation is 1. The fourth-order valence-corrected chi connectivity index (χ4v) is 2.89. The first-order chi connectivity index (χ1) is 8.99. The van der Waals surface area contributed by atoms with Crippen LogP contribution in [0.25, 0.3) is 0 Å². The summed E-state index contributed by atoms with van der Waals surface area (Å²) >= 11 is 1.29. The fraction of sp³-hybridized carbons (Fsp3) is 0.692. The summed E-state index contributed by atoms with van der Waals surface area (Å²) in [6.07, 6.45) is 4.41. The predicted octanol–water partition coefficient (Wildman–Crippen LogP) is 1.85. The van der Waals surface area contributed by atoms with Gasteiger partial charge in [0.05, 0.1) is 5.75 Å². The van der Waals surface area contributed by atoms with Crippen LogP contribution in [0.4, 0.5) is 0 Å². The molecule has 1 saturated carbocycles. The number of aliphatic carboxylic acids is 1. The zero-order chi connectivity index (χ0) is 14.0. The quantitative estimate of drug-likeness (QED) is 0.774. The summed E-state index contributed by atoms with van der Waals surface area (Å²) in [5, 5.41) is 9.56. The number of hydrogen-bond acceptors (Lipinski definition) is 4. The lowest BCUT2D eigenvalue weighted by Crippen LogP contribution is -2.34. The number of rotatable bonds is 7. The molecule has 1 aliphatic rings. The third kappa shape index (κ3) is 3.73. The van der Waals surface area contributed by atoms with Gasteiger partial charge in [-0.15, -0.1) is 0 Å². The van der Waals surface area contributed by atoms with Crippen LogP contribution < -0.4 is 0 Å². The second-order valence-electron chi connectivity index (χ2n) is 5.22. The monoisotopic (exact) mass is 283 g/mol. The number of carbonyl (C=O) groups is 1. The minimum atomic E-state index is -0.805. The molecule has 1 unspecified atom stereocenters. The number of imidazole rings is 1. The molecule has 106 valence electrons. The molecule has 1 aliphatic carbocycles. The van der Waals surface area contributed by atoms with Crippen molar-refractivity contribution >= 4 is 17.7 Å². The Morgan fingerprint density at radius 3 is 2.95 bits per heavy atom. The number of aromatic nitrogens is 2. The molecule has 1 heterocycles. The third-order valence-electron chi connectivity index (χ3n) is 3.61. The van der Waals surface area contributed by atoms with Crippen LogP contribution in [0.15, 0.2) is 11.4 Å². The van der Waals surface area contributed by atoms with E-state index in [9.17, 15) is 4.79 Å². The van der Waals surface area contributed by atoms with E-state index in [0.717, 1.165) is 23.4 Å². The van der Waals surface area contributed by atoms with Gasteiger partial charge in [0.1, 0.15) is 0 Å². The zero-order valence-electron chi connectivity index (χ0n) is 11.7. The Bertz CT molecular complexity index is 457. The van der Waals surface area contributed by atoms with Crippen molar-refractivity contribution in [2.75, 3.05) is 12.8 Å². The second-order valence-corrected chi connectivity index (χ2v) is 6.16. The molecule has 6 heteroatoms. The van der Waals surface area contributed by atoms with E-state index in [-0.39, 0.29) is 5.75 Å². The van der Waals surface area contributed by atoms with Gasteiger partial charge in [0, 0.05) is 30.5 Å². The van der Waals surface area contributed by atoms with Crippen LogP contribution in [0, 0.1) is 6.92 Å². The number of nitrogens with zero attached hydrogens (tertiary/aromatic N) is 3. The summed E-state index contributed by atoms with van der Waals surface area (Å²) in [4.78, 5) is 17.4. The van der Waals surface area contributed by atoms with E-state index in [1.54, 1.807) is 0 Å². The van der Waals surface area contributed by atoms with E-state index in [1.165, 1.54) is 24.6 Å². The normalized spacial score (nSPS) is 16.8. The number of carboxylic acid groups (broad SMARTS) is 1. The van der Waals surface area contributed by atoms with Gasteiger partial charge in [0.2, 0.25) is 0 Å². The summed E-state index contributed by atoms with van der Waals surface area (Å²) in [6.45, 7) is 5.09. The van der Waals surface area contributed by atoms with Crippen LogP contribution >= 0.6 is 11.8 Å². The van der Waals surface area contributed by atoms with E-state index in [1.807, 2.05) is 13.1 Å². The molecule has 0 spiro atoms. The Morgan fingerprint density at radius 2 is 2.37 bits per heavy atom. The van der Waals surface area contributed by atoms with Crippen molar-refractivity contribution in [2.24, 2.45) is 0 Å². The van der Waals surface area contributed by atoms with Gasteiger partial charge in [-0.25, -0.2) is 4.98 Å². The smallest absolute Gasteiger partial charge is 0.313 e. The molecule has 1 fully saturated rings. The summed E-state index contributed by atoms with van der Waals surface area (Å²) < 4.78 is 2.12. The summed E-state index contributed by atoms with van der Waals surface area (Å²) in [6, 6.07) is 1.17. The molecule has 0 radical (unpaired) electrons. The minimum absolute atomic E-state index is 0.0588. The topological polar surface area (TPSA) is 58.4 Å². The van der Waals surface area contributed by atoms with Crippen LogP contribution in [-0.4, -0.2) is 50.4 Å². The summed E-state index contributed by atoms with van der Waals surface area (Å²) in [5.41, 5.74) is 1.09. The van der Waals surface area contributed by atoms with Crippen molar-refractivity contribution in [3.63, 3.8) is 0 Å². The maximum absolute atomic E-state index is 10.7.